The Balaban J connectivity index is 2.84. The van der Waals surface area contributed by atoms with Crippen molar-refractivity contribution in [2.75, 3.05) is 5.73 Å². The number of aromatic nitrogens is 3. The number of nitriles is 1. The molecule has 0 aliphatic rings. The molecular formula is C7H5N5. The smallest absolute Gasteiger partial charge is 0.208 e. The van der Waals surface area contributed by atoms with Gasteiger partial charge in [0, 0.05) is 5.69 Å². The van der Waals surface area contributed by atoms with E-state index in [1.807, 2.05) is 6.19 Å². The Morgan fingerprint density at radius 3 is 3.08 bits per heavy atom. The van der Waals surface area contributed by atoms with E-state index in [1.165, 1.54) is 0 Å². The van der Waals surface area contributed by atoms with Crippen molar-refractivity contribution >= 4 is 16.7 Å². The van der Waals surface area contributed by atoms with Crippen molar-refractivity contribution in [2.24, 2.45) is 0 Å². The Morgan fingerprint density at radius 1 is 1.50 bits per heavy atom. The molecule has 0 amide bonds. The van der Waals surface area contributed by atoms with Gasteiger partial charge in [-0.2, -0.15) is 5.26 Å². The third-order valence-electron chi connectivity index (χ3n) is 1.56. The van der Waals surface area contributed by atoms with Crippen LogP contribution in [-0.4, -0.2) is 15.0 Å². The molecule has 2 aromatic rings. The fourth-order valence-corrected chi connectivity index (χ4v) is 1.01. The molecule has 0 bridgehead atoms. The highest BCUT2D eigenvalue weighted by molar-refractivity contribution is 5.78. The van der Waals surface area contributed by atoms with Crippen LogP contribution in [0.25, 0.3) is 11.0 Å². The van der Waals surface area contributed by atoms with Crippen molar-refractivity contribution in [2.45, 2.75) is 0 Å². The minimum Gasteiger partial charge on any atom is -0.399 e. The van der Waals surface area contributed by atoms with Crippen LogP contribution in [0.1, 0.15) is 0 Å². The van der Waals surface area contributed by atoms with E-state index in [0.717, 1.165) is 4.68 Å². The first kappa shape index (κ1) is 6.61. The number of nitrogens with zero attached hydrogens (tertiary/aromatic N) is 4. The van der Waals surface area contributed by atoms with E-state index in [4.69, 9.17) is 11.0 Å². The number of rotatable bonds is 0. The van der Waals surface area contributed by atoms with Crippen LogP contribution in [0.15, 0.2) is 18.2 Å². The Morgan fingerprint density at radius 2 is 2.33 bits per heavy atom. The van der Waals surface area contributed by atoms with Gasteiger partial charge < -0.3 is 5.73 Å². The van der Waals surface area contributed by atoms with Crippen LogP contribution in [0.2, 0.25) is 0 Å². The number of hydrogen-bond acceptors (Lipinski definition) is 4. The topological polar surface area (TPSA) is 80.5 Å². The maximum Gasteiger partial charge on any atom is 0.208 e. The predicted octanol–water partition coefficient (Wildman–Crippen LogP) is 0.343. The molecule has 1 heterocycles. The van der Waals surface area contributed by atoms with Crippen LogP contribution in [0.5, 0.6) is 0 Å². The fourth-order valence-electron chi connectivity index (χ4n) is 1.01. The number of nitrogens with two attached hydrogens (primary N) is 1. The Labute approximate surface area is 68.0 Å². The van der Waals surface area contributed by atoms with Gasteiger partial charge >= 0.3 is 0 Å². The van der Waals surface area contributed by atoms with Crippen molar-refractivity contribution in [1.29, 1.82) is 5.26 Å². The molecule has 1 aromatic carbocycles. The summed E-state index contributed by atoms with van der Waals surface area (Å²) in [7, 11) is 0. The van der Waals surface area contributed by atoms with Gasteiger partial charge in [0.25, 0.3) is 0 Å². The van der Waals surface area contributed by atoms with Gasteiger partial charge in [-0.3, -0.25) is 0 Å². The van der Waals surface area contributed by atoms with Crippen LogP contribution >= 0.6 is 0 Å². The van der Waals surface area contributed by atoms with Crippen LogP contribution in [0.4, 0.5) is 5.69 Å². The number of hydrogen-bond donors (Lipinski definition) is 1. The van der Waals surface area contributed by atoms with Crippen LogP contribution < -0.4 is 5.73 Å². The summed E-state index contributed by atoms with van der Waals surface area (Å²) < 4.78 is 1.15. The first-order valence-corrected chi connectivity index (χ1v) is 3.32. The molecule has 1 aromatic heterocycles. The second kappa shape index (κ2) is 2.20. The molecule has 0 radical (unpaired) electrons. The summed E-state index contributed by atoms with van der Waals surface area (Å²) >= 11 is 0. The van der Waals surface area contributed by atoms with Gasteiger partial charge in [0.05, 0.1) is 0 Å². The van der Waals surface area contributed by atoms with Crippen molar-refractivity contribution in [3.8, 4) is 6.19 Å². The van der Waals surface area contributed by atoms with E-state index in [-0.39, 0.29) is 0 Å². The summed E-state index contributed by atoms with van der Waals surface area (Å²) in [6.07, 6.45) is 1.87. The van der Waals surface area contributed by atoms with Gasteiger partial charge in [-0.15, -0.1) is 9.78 Å². The van der Waals surface area contributed by atoms with Crippen LogP contribution in [-0.2, 0) is 0 Å². The van der Waals surface area contributed by atoms with Crippen molar-refractivity contribution in [3.05, 3.63) is 18.2 Å². The summed E-state index contributed by atoms with van der Waals surface area (Å²) in [4.78, 5) is 0. The number of anilines is 1. The average molecular weight is 159 g/mol. The van der Waals surface area contributed by atoms with Gasteiger partial charge in [0.2, 0.25) is 6.19 Å². The second-order valence-electron chi connectivity index (χ2n) is 2.35. The monoisotopic (exact) mass is 159 g/mol. The zero-order chi connectivity index (χ0) is 8.55. The van der Waals surface area contributed by atoms with Crippen molar-refractivity contribution in [3.63, 3.8) is 0 Å². The molecule has 2 N–H and O–H groups in total. The van der Waals surface area contributed by atoms with Gasteiger partial charge in [-0.1, -0.05) is 5.21 Å². The molecule has 5 heteroatoms. The van der Waals surface area contributed by atoms with E-state index in [0.29, 0.717) is 16.7 Å². The second-order valence-corrected chi connectivity index (χ2v) is 2.35. The van der Waals surface area contributed by atoms with Crippen molar-refractivity contribution in [1.82, 2.24) is 15.0 Å². The molecule has 0 saturated carbocycles. The first-order valence-electron chi connectivity index (χ1n) is 3.32. The molecule has 0 atom stereocenters. The molecule has 12 heavy (non-hydrogen) atoms. The highest BCUT2D eigenvalue weighted by Gasteiger charge is 2.02. The van der Waals surface area contributed by atoms with Gasteiger partial charge in [-0.05, 0) is 18.2 Å². The molecular weight excluding hydrogens is 154 g/mol. The quantitative estimate of drug-likeness (QED) is 0.562. The first-order chi connectivity index (χ1) is 5.81. The van der Waals surface area contributed by atoms with E-state index in [9.17, 15) is 0 Å². The third-order valence-corrected chi connectivity index (χ3v) is 1.56. The lowest BCUT2D eigenvalue weighted by molar-refractivity contribution is 0.836. The number of nitrogen functional groups attached to an aromatic ring is 1. The molecule has 2 rings (SSSR count). The maximum atomic E-state index is 8.57. The van der Waals surface area contributed by atoms with Crippen LogP contribution in [0, 0.1) is 11.5 Å². The van der Waals surface area contributed by atoms with Crippen molar-refractivity contribution < 1.29 is 0 Å². The lowest BCUT2D eigenvalue weighted by atomic mass is 10.3. The molecule has 0 spiro atoms. The van der Waals surface area contributed by atoms with E-state index < -0.39 is 0 Å². The summed E-state index contributed by atoms with van der Waals surface area (Å²) in [5.41, 5.74) is 7.44. The fraction of sp³-hybridized carbons (Fsp3) is 0. The Hall–Kier alpha value is -2.09. The summed E-state index contributed by atoms with van der Waals surface area (Å²) in [6, 6.07) is 5.10. The summed E-state index contributed by atoms with van der Waals surface area (Å²) in [5.74, 6) is 0. The summed E-state index contributed by atoms with van der Waals surface area (Å²) in [5, 5.41) is 15.9. The summed E-state index contributed by atoms with van der Waals surface area (Å²) in [6.45, 7) is 0. The van der Waals surface area contributed by atoms with Gasteiger partial charge in [-0.25, -0.2) is 0 Å². The zero-order valence-corrected chi connectivity index (χ0v) is 6.10. The minimum absolute atomic E-state index is 0.618. The molecule has 0 saturated heterocycles. The molecule has 58 valence electrons. The van der Waals surface area contributed by atoms with Crippen LogP contribution in [0.3, 0.4) is 0 Å². The van der Waals surface area contributed by atoms with Gasteiger partial charge in [0.1, 0.15) is 11.0 Å². The predicted molar refractivity (Wildman–Crippen MR) is 43.0 cm³/mol. The highest BCUT2D eigenvalue weighted by atomic mass is 15.4. The molecule has 0 fully saturated rings. The molecule has 0 aliphatic heterocycles. The average Bonchev–Trinajstić information content (AvgIpc) is 2.46. The van der Waals surface area contributed by atoms with Gasteiger partial charge in [0.15, 0.2) is 0 Å². The molecule has 0 unspecified atom stereocenters. The highest BCUT2D eigenvalue weighted by Crippen LogP contribution is 2.13. The molecule has 5 nitrogen and oxygen atoms in total. The Bertz CT molecular complexity index is 464. The largest absolute Gasteiger partial charge is 0.399 e. The minimum atomic E-state index is 0.618. The normalized spacial score (nSPS) is 9.92. The molecule has 0 aliphatic carbocycles. The lowest BCUT2D eigenvalue weighted by Crippen LogP contribution is -1.89. The van der Waals surface area contributed by atoms with E-state index in [2.05, 4.69) is 10.3 Å². The lowest BCUT2D eigenvalue weighted by Gasteiger charge is -1.90. The maximum absolute atomic E-state index is 8.57. The standard InChI is InChI=1S/C7H5N5/c8-4-12-7-2-1-5(9)3-6(7)10-11-12/h1-3H,9H2. The van der Waals surface area contributed by atoms with E-state index in [1.54, 1.807) is 18.2 Å². The SMILES string of the molecule is N#Cn1nnc2cc(N)ccc21. The van der Waals surface area contributed by atoms with E-state index >= 15 is 0 Å². The number of benzene rings is 1. The number of fused-ring (bicyclic) bond motifs is 1. The zero-order valence-electron chi connectivity index (χ0n) is 6.10. The Kier molecular flexibility index (Phi) is 1.21. The third kappa shape index (κ3) is 0.787.